The number of fused-ring (bicyclic) bond motifs is 1. The van der Waals surface area contributed by atoms with Gasteiger partial charge in [0.15, 0.2) is 0 Å². The molecule has 2 amide bonds. The maximum atomic E-state index is 13.3. The maximum Gasteiger partial charge on any atom is 0.257 e. The molecule has 0 saturated heterocycles. The Morgan fingerprint density at radius 3 is 2.58 bits per heavy atom. The molecule has 0 bridgehead atoms. The molecule has 0 radical (unpaired) electrons. The molecular formula is C28H39N3O5. The van der Waals surface area contributed by atoms with E-state index in [2.05, 4.69) is 30.1 Å². The number of likely N-dealkylation sites (N-methyl/N-ethyl adjacent to an activating group) is 1. The molecule has 0 saturated carbocycles. The van der Waals surface area contributed by atoms with E-state index in [1.807, 2.05) is 18.2 Å². The van der Waals surface area contributed by atoms with Crippen LogP contribution >= 0.6 is 0 Å². The predicted molar refractivity (Wildman–Crippen MR) is 141 cm³/mol. The van der Waals surface area contributed by atoms with Crippen LogP contribution in [0.4, 0.5) is 5.69 Å². The fourth-order valence-corrected chi connectivity index (χ4v) is 4.45. The van der Waals surface area contributed by atoms with Crippen molar-refractivity contribution >= 4 is 17.5 Å². The van der Waals surface area contributed by atoms with Gasteiger partial charge in [-0.15, -0.1) is 0 Å². The van der Waals surface area contributed by atoms with E-state index >= 15 is 0 Å². The summed E-state index contributed by atoms with van der Waals surface area (Å²) in [6.07, 6.45) is 0.226. The molecule has 0 unspecified atom stereocenters. The highest BCUT2D eigenvalue weighted by Crippen LogP contribution is 2.28. The highest BCUT2D eigenvalue weighted by molar-refractivity contribution is 5.98. The summed E-state index contributed by atoms with van der Waals surface area (Å²) in [5.41, 5.74) is 2.15. The van der Waals surface area contributed by atoms with Gasteiger partial charge in [0.25, 0.3) is 5.91 Å². The maximum absolute atomic E-state index is 13.3. The second kappa shape index (κ2) is 12.7. The van der Waals surface area contributed by atoms with Gasteiger partial charge < -0.3 is 24.4 Å². The molecule has 36 heavy (non-hydrogen) atoms. The Balaban J connectivity index is 1.96. The van der Waals surface area contributed by atoms with Crippen LogP contribution in [-0.4, -0.2) is 74.7 Å². The van der Waals surface area contributed by atoms with Crippen LogP contribution in [0, 0.1) is 5.92 Å². The van der Waals surface area contributed by atoms with Crippen molar-refractivity contribution in [2.75, 3.05) is 46.3 Å². The number of amides is 2. The van der Waals surface area contributed by atoms with Gasteiger partial charge in [0.05, 0.1) is 18.8 Å². The molecule has 0 spiro atoms. The Hall–Kier alpha value is -3.10. The summed E-state index contributed by atoms with van der Waals surface area (Å²) in [6.45, 7) is 8.31. The lowest BCUT2D eigenvalue weighted by molar-refractivity contribution is -0.115. The molecule has 8 heteroatoms. The normalized spacial score (nSPS) is 21.6. The van der Waals surface area contributed by atoms with Gasteiger partial charge in [0, 0.05) is 63.6 Å². The van der Waals surface area contributed by atoms with Crippen LogP contribution in [-0.2, 0) is 16.1 Å². The molecule has 1 aliphatic rings. The van der Waals surface area contributed by atoms with Crippen LogP contribution < -0.4 is 14.8 Å². The summed E-state index contributed by atoms with van der Waals surface area (Å²) in [5.74, 6) is 1.21. The first-order valence-corrected chi connectivity index (χ1v) is 12.5. The first-order chi connectivity index (χ1) is 17.3. The number of anilines is 1. The van der Waals surface area contributed by atoms with Crippen LogP contribution in [0.3, 0.4) is 0 Å². The molecule has 0 aromatic heterocycles. The van der Waals surface area contributed by atoms with E-state index in [-0.39, 0.29) is 29.9 Å². The quantitative estimate of drug-likeness (QED) is 0.649. The molecule has 2 aromatic carbocycles. The zero-order valence-corrected chi connectivity index (χ0v) is 22.2. The number of nitrogens with one attached hydrogen (secondary N) is 1. The van der Waals surface area contributed by atoms with Gasteiger partial charge >= 0.3 is 0 Å². The highest BCUT2D eigenvalue weighted by Gasteiger charge is 2.29. The molecule has 0 fully saturated rings. The first kappa shape index (κ1) is 27.5. The second-order valence-corrected chi connectivity index (χ2v) is 9.45. The van der Waals surface area contributed by atoms with Crippen LogP contribution in [0.1, 0.15) is 43.1 Å². The largest absolute Gasteiger partial charge is 0.496 e. The summed E-state index contributed by atoms with van der Waals surface area (Å²) in [4.78, 5) is 29.3. The second-order valence-electron chi connectivity index (χ2n) is 9.45. The minimum Gasteiger partial charge on any atom is -0.496 e. The topological polar surface area (TPSA) is 80.3 Å². The molecule has 196 valence electrons. The van der Waals surface area contributed by atoms with Gasteiger partial charge in [-0.1, -0.05) is 32.0 Å². The Labute approximate surface area is 214 Å². The Bertz CT molecular complexity index is 1040. The third-order valence-corrected chi connectivity index (χ3v) is 6.75. The van der Waals surface area contributed by atoms with Gasteiger partial charge in [-0.05, 0) is 31.0 Å². The lowest BCUT2D eigenvalue weighted by atomic mass is 10.0. The molecule has 1 N–H and O–H groups in total. The summed E-state index contributed by atoms with van der Waals surface area (Å²) < 4.78 is 17.7. The Kier molecular flexibility index (Phi) is 9.73. The Morgan fingerprint density at radius 1 is 1.14 bits per heavy atom. The third kappa shape index (κ3) is 6.77. The number of rotatable bonds is 6. The van der Waals surface area contributed by atoms with Crippen molar-refractivity contribution in [2.45, 2.75) is 45.9 Å². The number of benzene rings is 2. The zero-order chi connectivity index (χ0) is 26.2. The summed E-state index contributed by atoms with van der Waals surface area (Å²) >= 11 is 0. The fraction of sp³-hybridized carbons (Fsp3) is 0.500. The van der Waals surface area contributed by atoms with Gasteiger partial charge in [0.2, 0.25) is 5.91 Å². The number of carbonyl (C=O) groups excluding carboxylic acids is 2. The summed E-state index contributed by atoms with van der Waals surface area (Å²) in [5, 5.41) is 2.85. The van der Waals surface area contributed by atoms with E-state index < -0.39 is 0 Å². The SMILES string of the molecule is CCC(=O)Nc1ccc2c(c1)OC[C@H](C)N(Cc1ccccc1OC)C[C@@H](C)[C@@H](OC)CN(C)C2=O. The van der Waals surface area contributed by atoms with Crippen LogP contribution in [0.15, 0.2) is 42.5 Å². The highest BCUT2D eigenvalue weighted by atomic mass is 16.5. The number of para-hydroxylation sites is 1. The number of ether oxygens (including phenoxy) is 3. The standard InChI is InChI=1S/C28H39N3O5/c1-7-27(32)29-22-12-13-23-25(14-22)36-18-20(3)31(16-21-10-8-9-11-24(21)34-5)15-19(2)26(35-6)17-30(4)28(23)33/h8-14,19-20,26H,7,15-18H2,1-6H3,(H,29,32)/t19-,20+,26+/m1/s1. The third-order valence-electron chi connectivity index (χ3n) is 6.75. The monoisotopic (exact) mass is 497 g/mol. The average Bonchev–Trinajstić information content (AvgIpc) is 2.89. The molecule has 0 aliphatic carbocycles. The number of hydrogen-bond donors (Lipinski definition) is 1. The van der Waals surface area contributed by atoms with Crippen LogP contribution in [0.2, 0.25) is 0 Å². The van der Waals surface area contributed by atoms with E-state index in [1.54, 1.807) is 51.3 Å². The first-order valence-electron chi connectivity index (χ1n) is 12.5. The van der Waals surface area contributed by atoms with Crippen molar-refractivity contribution in [3.8, 4) is 11.5 Å². The van der Waals surface area contributed by atoms with E-state index in [1.165, 1.54) is 0 Å². The fourth-order valence-electron chi connectivity index (χ4n) is 4.45. The molecule has 3 rings (SSSR count). The number of hydrogen-bond acceptors (Lipinski definition) is 6. The van der Waals surface area contributed by atoms with Gasteiger partial charge in [-0.3, -0.25) is 14.5 Å². The minimum atomic E-state index is -0.147. The lowest BCUT2D eigenvalue weighted by Crippen LogP contribution is -2.46. The molecular weight excluding hydrogens is 458 g/mol. The van der Waals surface area contributed by atoms with E-state index in [0.29, 0.717) is 43.1 Å². The van der Waals surface area contributed by atoms with Crippen LogP contribution in [0.5, 0.6) is 11.5 Å². The molecule has 3 atom stereocenters. The number of methoxy groups -OCH3 is 2. The van der Waals surface area contributed by atoms with Gasteiger partial charge in [-0.25, -0.2) is 0 Å². The Morgan fingerprint density at radius 2 is 1.89 bits per heavy atom. The van der Waals surface area contributed by atoms with Crippen molar-refractivity contribution in [3.05, 3.63) is 53.6 Å². The van der Waals surface area contributed by atoms with Gasteiger partial charge in [-0.2, -0.15) is 0 Å². The van der Waals surface area contributed by atoms with E-state index in [0.717, 1.165) is 17.9 Å². The molecule has 8 nitrogen and oxygen atoms in total. The smallest absolute Gasteiger partial charge is 0.257 e. The van der Waals surface area contributed by atoms with Gasteiger partial charge in [0.1, 0.15) is 18.1 Å². The average molecular weight is 498 g/mol. The van der Waals surface area contributed by atoms with Crippen molar-refractivity contribution in [3.63, 3.8) is 0 Å². The minimum absolute atomic E-state index is 0.0314. The van der Waals surface area contributed by atoms with Crippen molar-refractivity contribution in [1.82, 2.24) is 9.80 Å². The van der Waals surface area contributed by atoms with Crippen molar-refractivity contribution in [2.24, 2.45) is 5.92 Å². The predicted octanol–water partition coefficient (Wildman–Crippen LogP) is 4.05. The lowest BCUT2D eigenvalue weighted by Gasteiger charge is -2.36. The van der Waals surface area contributed by atoms with Crippen molar-refractivity contribution in [1.29, 1.82) is 0 Å². The zero-order valence-electron chi connectivity index (χ0n) is 22.2. The molecule has 2 aromatic rings. The summed E-state index contributed by atoms with van der Waals surface area (Å²) in [6, 6.07) is 13.2. The number of nitrogens with zero attached hydrogens (tertiary/aromatic N) is 2. The van der Waals surface area contributed by atoms with Crippen molar-refractivity contribution < 1.29 is 23.8 Å². The van der Waals surface area contributed by atoms with Crippen LogP contribution in [0.25, 0.3) is 0 Å². The van der Waals surface area contributed by atoms with E-state index in [9.17, 15) is 9.59 Å². The molecule has 1 heterocycles. The number of carbonyl (C=O) groups is 2. The van der Waals surface area contributed by atoms with E-state index in [4.69, 9.17) is 14.2 Å². The molecule has 1 aliphatic heterocycles. The summed E-state index contributed by atoms with van der Waals surface area (Å²) in [7, 11) is 5.15.